The van der Waals surface area contributed by atoms with Crippen LogP contribution in [-0.2, 0) is 18.2 Å². The van der Waals surface area contributed by atoms with Crippen LogP contribution in [0.5, 0.6) is 5.75 Å². The van der Waals surface area contributed by atoms with Crippen LogP contribution < -0.4 is 5.32 Å². The molecule has 2 aromatic carbocycles. The zero-order valence-electron chi connectivity index (χ0n) is 15.8. The number of hydrogen-bond donors (Lipinski definition) is 2. The smallest absolute Gasteiger partial charge is 0.141 e. The first-order valence-corrected chi connectivity index (χ1v) is 9.26. The lowest BCUT2D eigenvalue weighted by atomic mass is 9.83. The Kier molecular flexibility index (Phi) is 6.98. The van der Waals surface area contributed by atoms with Gasteiger partial charge in [-0.25, -0.2) is 0 Å². The first kappa shape index (κ1) is 19.4. The third-order valence-electron chi connectivity index (χ3n) is 4.58. The molecule has 0 spiro atoms. The molecule has 0 unspecified atom stereocenters. The average molecular weight is 335 g/mol. The minimum atomic E-state index is 0.0315. The molecule has 132 valence electrons. The van der Waals surface area contributed by atoms with Crippen molar-refractivity contribution in [2.75, 3.05) is 11.9 Å². The molecule has 0 fully saturated rings. The maximum atomic E-state index is 10.4. The van der Waals surface area contributed by atoms with Crippen LogP contribution in [0.15, 0.2) is 42.5 Å². The number of unbranched alkanes of at least 4 members (excludes halogenated alkanes) is 2. The Morgan fingerprint density at radius 2 is 1.72 bits per heavy atom. The van der Waals surface area contributed by atoms with E-state index in [2.05, 4.69) is 62.5 Å². The molecular weight excluding hydrogens is 305 g/mol. The van der Waals surface area contributed by atoms with Gasteiger partial charge >= 0.3 is 0 Å². The number of phenolic OH excluding ortho intramolecular Hbond substituents is 1. The van der Waals surface area contributed by atoms with Crippen LogP contribution in [0.3, 0.4) is 0 Å². The minimum absolute atomic E-state index is 0.0315. The molecule has 0 aliphatic carbocycles. The summed E-state index contributed by atoms with van der Waals surface area (Å²) in [6, 6.07) is 14.7. The van der Waals surface area contributed by atoms with Gasteiger partial charge in [0.15, 0.2) is 0 Å². The summed E-state index contributed by atoms with van der Waals surface area (Å²) < 4.78 is 0. The maximum Gasteiger partial charge on any atom is 0.141 e. The lowest BCUT2D eigenvalue weighted by molar-refractivity contribution is 0.471. The molecular formula is C22H30BNO. The van der Waals surface area contributed by atoms with Crippen LogP contribution in [-0.4, -0.2) is 19.5 Å². The van der Waals surface area contributed by atoms with E-state index in [-0.39, 0.29) is 5.41 Å². The first-order valence-electron chi connectivity index (χ1n) is 9.26. The molecule has 0 heterocycles. The summed E-state index contributed by atoms with van der Waals surface area (Å²) in [7, 11) is 5.79. The van der Waals surface area contributed by atoms with Crippen molar-refractivity contribution >= 4 is 13.5 Å². The Balaban J connectivity index is 1.85. The minimum Gasteiger partial charge on any atom is -0.506 e. The standard InChI is InChI=1S/C22H30BNO/c1-22(2,3)19-14-18(16-23)21(25)20(15-19)24-13-9-5-8-12-17-10-6-4-7-11-17/h4,6-7,10-11,14-15,24-25H,5,8-9,12-13,16H2,1-3H3. The fourth-order valence-corrected chi connectivity index (χ4v) is 2.92. The molecule has 2 aromatic rings. The van der Waals surface area contributed by atoms with Crippen molar-refractivity contribution in [2.24, 2.45) is 0 Å². The number of hydrogen-bond acceptors (Lipinski definition) is 2. The van der Waals surface area contributed by atoms with Gasteiger partial charge in [-0.1, -0.05) is 69.9 Å². The highest BCUT2D eigenvalue weighted by Gasteiger charge is 2.17. The Morgan fingerprint density at radius 1 is 1.00 bits per heavy atom. The van der Waals surface area contributed by atoms with Gasteiger partial charge in [-0.3, -0.25) is 0 Å². The summed E-state index contributed by atoms with van der Waals surface area (Å²) >= 11 is 0. The Labute approximate surface area is 154 Å². The second kappa shape index (κ2) is 8.98. The normalized spacial score (nSPS) is 11.5. The van der Waals surface area contributed by atoms with Gasteiger partial charge in [0.2, 0.25) is 0 Å². The monoisotopic (exact) mass is 335 g/mol. The molecule has 0 saturated carbocycles. The molecule has 0 atom stereocenters. The van der Waals surface area contributed by atoms with Crippen molar-refractivity contribution in [3.63, 3.8) is 0 Å². The molecule has 2 nitrogen and oxygen atoms in total. The van der Waals surface area contributed by atoms with E-state index in [9.17, 15) is 5.11 Å². The quantitative estimate of drug-likeness (QED) is 0.396. The zero-order chi connectivity index (χ0) is 18.3. The van der Waals surface area contributed by atoms with Gasteiger partial charge in [0.1, 0.15) is 5.75 Å². The van der Waals surface area contributed by atoms with Crippen LogP contribution >= 0.6 is 0 Å². The largest absolute Gasteiger partial charge is 0.506 e. The van der Waals surface area contributed by atoms with Crippen LogP contribution in [0.2, 0.25) is 0 Å². The fourth-order valence-electron chi connectivity index (χ4n) is 2.92. The van der Waals surface area contributed by atoms with Crippen molar-refractivity contribution in [3.05, 3.63) is 59.2 Å². The van der Waals surface area contributed by atoms with Gasteiger partial charge in [-0.15, -0.1) is 0 Å². The van der Waals surface area contributed by atoms with Gasteiger partial charge < -0.3 is 10.4 Å². The van der Waals surface area contributed by atoms with Crippen LogP contribution in [0.25, 0.3) is 0 Å². The van der Waals surface area contributed by atoms with E-state index < -0.39 is 0 Å². The zero-order valence-corrected chi connectivity index (χ0v) is 15.8. The molecule has 0 aliphatic heterocycles. The summed E-state index contributed by atoms with van der Waals surface area (Å²) in [5.74, 6) is 0.291. The summed E-state index contributed by atoms with van der Waals surface area (Å²) in [5.41, 5.74) is 4.23. The van der Waals surface area contributed by atoms with E-state index in [0.717, 1.165) is 30.6 Å². The van der Waals surface area contributed by atoms with E-state index in [0.29, 0.717) is 12.1 Å². The van der Waals surface area contributed by atoms with Gasteiger partial charge in [0, 0.05) is 6.54 Å². The van der Waals surface area contributed by atoms with Gasteiger partial charge in [-0.2, -0.15) is 0 Å². The number of phenols is 1. The van der Waals surface area contributed by atoms with Crippen LogP contribution in [0.4, 0.5) is 5.69 Å². The average Bonchev–Trinajstić information content (AvgIpc) is 2.59. The predicted molar refractivity (Wildman–Crippen MR) is 109 cm³/mol. The highest BCUT2D eigenvalue weighted by molar-refractivity contribution is 6.08. The molecule has 0 aromatic heterocycles. The molecule has 0 bridgehead atoms. The SMILES string of the molecule is [B]Cc1cc(C(C)(C)C)cc(NCCCCCc2ccccc2)c1O. The topological polar surface area (TPSA) is 32.3 Å². The van der Waals surface area contributed by atoms with Crippen molar-refractivity contribution < 1.29 is 5.11 Å². The number of nitrogens with one attached hydrogen (secondary N) is 1. The fraction of sp³-hybridized carbons (Fsp3) is 0.455. The Bertz CT molecular complexity index is 662. The number of aromatic hydroxyl groups is 1. The highest BCUT2D eigenvalue weighted by atomic mass is 16.3. The second-order valence-electron chi connectivity index (χ2n) is 7.71. The summed E-state index contributed by atoms with van der Waals surface area (Å²) in [6.45, 7) is 7.38. The molecule has 2 N–H and O–H groups in total. The molecule has 0 saturated heterocycles. The third-order valence-corrected chi connectivity index (χ3v) is 4.58. The number of anilines is 1. The first-order chi connectivity index (χ1) is 11.9. The van der Waals surface area contributed by atoms with E-state index in [1.807, 2.05) is 6.07 Å². The summed E-state index contributed by atoms with van der Waals surface area (Å²) in [4.78, 5) is 0. The van der Waals surface area contributed by atoms with Gasteiger partial charge in [-0.05, 0) is 47.4 Å². The number of rotatable bonds is 8. The molecule has 2 radical (unpaired) electrons. The molecule has 3 heteroatoms. The van der Waals surface area contributed by atoms with Crippen molar-refractivity contribution in [3.8, 4) is 5.75 Å². The lowest BCUT2D eigenvalue weighted by Gasteiger charge is -2.22. The number of aryl methyl sites for hydroxylation is 1. The summed E-state index contributed by atoms with van der Waals surface area (Å²) in [5, 5.41) is 13.8. The van der Waals surface area contributed by atoms with Crippen molar-refractivity contribution in [1.29, 1.82) is 0 Å². The van der Waals surface area contributed by atoms with Gasteiger partial charge in [0.05, 0.1) is 13.5 Å². The number of benzene rings is 2. The van der Waals surface area contributed by atoms with E-state index in [1.54, 1.807) is 0 Å². The Morgan fingerprint density at radius 3 is 2.36 bits per heavy atom. The highest BCUT2D eigenvalue weighted by Crippen LogP contribution is 2.34. The second-order valence-corrected chi connectivity index (χ2v) is 7.71. The van der Waals surface area contributed by atoms with E-state index >= 15 is 0 Å². The van der Waals surface area contributed by atoms with Gasteiger partial charge in [0.25, 0.3) is 0 Å². The lowest BCUT2D eigenvalue weighted by Crippen LogP contribution is -2.13. The van der Waals surface area contributed by atoms with Crippen molar-refractivity contribution in [1.82, 2.24) is 0 Å². The maximum absolute atomic E-state index is 10.4. The third kappa shape index (κ3) is 5.84. The van der Waals surface area contributed by atoms with Crippen LogP contribution in [0.1, 0.15) is 56.7 Å². The van der Waals surface area contributed by atoms with E-state index in [4.69, 9.17) is 7.85 Å². The molecule has 0 aliphatic rings. The molecule has 0 amide bonds. The van der Waals surface area contributed by atoms with E-state index in [1.165, 1.54) is 24.0 Å². The predicted octanol–water partition coefficient (Wildman–Crippen LogP) is 5.18. The van der Waals surface area contributed by atoms with Crippen LogP contribution in [0, 0.1) is 0 Å². The molecule has 2 rings (SSSR count). The Hall–Kier alpha value is -1.90. The molecule has 25 heavy (non-hydrogen) atoms. The van der Waals surface area contributed by atoms with Crippen molar-refractivity contribution in [2.45, 2.75) is 58.2 Å². The summed E-state index contributed by atoms with van der Waals surface area (Å²) in [6.07, 6.45) is 4.92.